The average Bonchev–Trinajstić information content (AvgIpc) is 3.18. The Kier molecular flexibility index (Phi) is 5.13. The first-order chi connectivity index (χ1) is 14.2. The maximum Gasteiger partial charge on any atom is 0.411 e. The highest BCUT2D eigenvalue weighted by Crippen LogP contribution is 2.59. The number of halogens is 1. The SMILES string of the molecule is CC(C)(C)OC(=O)N1C2(Cc3ccccc3)CCC1([C@@H](O)c1cccc(F)c1)CC2. The zero-order chi connectivity index (χ0) is 21.6. The van der Waals surface area contributed by atoms with Crippen LogP contribution < -0.4 is 0 Å². The molecule has 4 nitrogen and oxygen atoms in total. The Morgan fingerprint density at radius 2 is 1.77 bits per heavy atom. The highest BCUT2D eigenvalue weighted by molar-refractivity contribution is 5.72. The normalized spacial score (nSPS) is 26.6. The third-order valence-corrected chi connectivity index (χ3v) is 6.59. The zero-order valence-electron chi connectivity index (χ0n) is 17.9. The van der Waals surface area contributed by atoms with Gasteiger partial charge in [0.1, 0.15) is 17.5 Å². The average molecular weight is 412 g/mol. The van der Waals surface area contributed by atoms with Crippen LogP contribution in [0, 0.1) is 5.82 Å². The van der Waals surface area contributed by atoms with Crippen molar-refractivity contribution >= 4 is 6.09 Å². The van der Waals surface area contributed by atoms with Crippen LogP contribution in [0.3, 0.4) is 0 Å². The Labute approximate surface area is 177 Å². The van der Waals surface area contributed by atoms with E-state index in [4.69, 9.17) is 4.74 Å². The molecule has 4 rings (SSSR count). The molecule has 2 fully saturated rings. The van der Waals surface area contributed by atoms with Gasteiger partial charge >= 0.3 is 6.09 Å². The van der Waals surface area contributed by atoms with Crippen LogP contribution in [0.25, 0.3) is 0 Å². The summed E-state index contributed by atoms with van der Waals surface area (Å²) in [6.45, 7) is 5.55. The lowest BCUT2D eigenvalue weighted by molar-refractivity contribution is -0.0385. The van der Waals surface area contributed by atoms with E-state index in [1.807, 2.05) is 43.9 Å². The second kappa shape index (κ2) is 7.38. The lowest BCUT2D eigenvalue weighted by Gasteiger charge is -2.42. The fourth-order valence-electron chi connectivity index (χ4n) is 5.37. The van der Waals surface area contributed by atoms with Gasteiger partial charge in [-0.3, -0.25) is 4.90 Å². The fraction of sp³-hybridized carbons (Fsp3) is 0.480. The van der Waals surface area contributed by atoms with Gasteiger partial charge in [-0.2, -0.15) is 0 Å². The van der Waals surface area contributed by atoms with Gasteiger partial charge in [-0.15, -0.1) is 0 Å². The first-order valence-electron chi connectivity index (χ1n) is 10.7. The molecule has 0 spiro atoms. The molecule has 1 amide bonds. The molecule has 2 aliphatic heterocycles. The van der Waals surface area contributed by atoms with Crippen molar-refractivity contribution in [3.8, 4) is 0 Å². The van der Waals surface area contributed by atoms with E-state index in [2.05, 4.69) is 12.1 Å². The van der Waals surface area contributed by atoms with Gasteiger partial charge in [0.2, 0.25) is 0 Å². The number of carbonyl (C=O) groups is 1. The van der Waals surface area contributed by atoms with Gasteiger partial charge in [0, 0.05) is 0 Å². The number of aliphatic hydroxyl groups is 1. The maximum absolute atomic E-state index is 13.9. The number of benzene rings is 2. The molecule has 30 heavy (non-hydrogen) atoms. The Balaban J connectivity index is 1.74. The second-order valence-electron chi connectivity index (χ2n) is 9.76. The topological polar surface area (TPSA) is 49.8 Å². The van der Waals surface area contributed by atoms with E-state index >= 15 is 0 Å². The minimum absolute atomic E-state index is 0.390. The molecule has 0 saturated carbocycles. The molecule has 2 saturated heterocycles. The molecular formula is C25H30FNO3. The van der Waals surface area contributed by atoms with Gasteiger partial charge < -0.3 is 9.84 Å². The predicted octanol–water partition coefficient (Wildman–Crippen LogP) is 5.40. The van der Waals surface area contributed by atoms with Gasteiger partial charge in [-0.1, -0.05) is 42.5 Å². The van der Waals surface area contributed by atoms with Crippen LogP contribution in [0.1, 0.15) is 63.7 Å². The number of aliphatic hydroxyl groups excluding tert-OH is 1. The molecule has 1 N–H and O–H groups in total. The van der Waals surface area contributed by atoms with E-state index in [1.165, 1.54) is 12.1 Å². The van der Waals surface area contributed by atoms with E-state index < -0.39 is 34.7 Å². The number of nitrogens with zero attached hydrogens (tertiary/aromatic N) is 1. The molecule has 5 heteroatoms. The summed E-state index contributed by atoms with van der Waals surface area (Å²) in [5.41, 5.74) is -0.175. The van der Waals surface area contributed by atoms with Crippen molar-refractivity contribution in [2.75, 3.05) is 0 Å². The van der Waals surface area contributed by atoms with Gasteiger partial charge in [-0.05, 0) is 76.1 Å². The summed E-state index contributed by atoms with van der Waals surface area (Å²) in [4.78, 5) is 15.3. The first kappa shape index (κ1) is 20.9. The van der Waals surface area contributed by atoms with Gasteiger partial charge in [0.25, 0.3) is 0 Å². The summed E-state index contributed by atoms with van der Waals surface area (Å²) in [6, 6.07) is 16.2. The lowest BCUT2D eigenvalue weighted by Crippen LogP contribution is -2.55. The van der Waals surface area contributed by atoms with Crippen LogP contribution in [-0.4, -0.2) is 32.8 Å². The molecule has 2 aromatic carbocycles. The van der Waals surface area contributed by atoms with Crippen LogP contribution in [-0.2, 0) is 11.2 Å². The number of amides is 1. The van der Waals surface area contributed by atoms with Crippen LogP contribution >= 0.6 is 0 Å². The summed E-state index contributed by atoms with van der Waals surface area (Å²) in [7, 11) is 0. The van der Waals surface area contributed by atoms with Crippen LogP contribution in [0.5, 0.6) is 0 Å². The smallest absolute Gasteiger partial charge is 0.411 e. The molecular weight excluding hydrogens is 381 g/mol. The molecule has 0 aliphatic carbocycles. The van der Waals surface area contributed by atoms with Gasteiger partial charge in [-0.25, -0.2) is 9.18 Å². The van der Waals surface area contributed by atoms with E-state index in [9.17, 15) is 14.3 Å². The van der Waals surface area contributed by atoms with Gasteiger partial charge in [0.05, 0.1) is 11.1 Å². The summed E-state index contributed by atoms with van der Waals surface area (Å²) in [5, 5.41) is 11.4. The molecule has 2 aliphatic rings. The lowest BCUT2D eigenvalue weighted by atomic mass is 9.76. The molecule has 160 valence electrons. The van der Waals surface area contributed by atoms with Crippen LogP contribution in [0.2, 0.25) is 0 Å². The summed E-state index contributed by atoms with van der Waals surface area (Å²) >= 11 is 0. The van der Waals surface area contributed by atoms with Gasteiger partial charge in [0.15, 0.2) is 0 Å². The maximum atomic E-state index is 13.9. The number of fused-ring (bicyclic) bond motifs is 2. The minimum Gasteiger partial charge on any atom is -0.444 e. The van der Waals surface area contributed by atoms with Crippen molar-refractivity contribution in [2.45, 2.75) is 75.7 Å². The molecule has 2 aromatic rings. The molecule has 2 heterocycles. The largest absolute Gasteiger partial charge is 0.444 e. The molecule has 1 atom stereocenters. The number of rotatable bonds is 4. The van der Waals surface area contributed by atoms with Crippen molar-refractivity contribution in [3.05, 3.63) is 71.5 Å². The molecule has 0 aromatic heterocycles. The van der Waals surface area contributed by atoms with Crippen molar-refractivity contribution in [1.29, 1.82) is 0 Å². The van der Waals surface area contributed by atoms with E-state index in [0.717, 1.165) is 18.4 Å². The second-order valence-corrected chi connectivity index (χ2v) is 9.76. The number of carbonyl (C=O) groups excluding carboxylic acids is 1. The Hall–Kier alpha value is -2.40. The summed E-state index contributed by atoms with van der Waals surface area (Å²) in [6.07, 6.45) is 2.24. The van der Waals surface area contributed by atoms with Crippen LogP contribution in [0.15, 0.2) is 54.6 Å². The highest BCUT2D eigenvalue weighted by Gasteiger charge is 2.65. The Bertz CT molecular complexity index is 913. The molecule has 0 unspecified atom stereocenters. The summed E-state index contributed by atoms with van der Waals surface area (Å²) in [5.74, 6) is -0.390. The zero-order valence-corrected chi connectivity index (χ0v) is 17.9. The standard InChI is InChI=1S/C25H30FNO3/c1-23(2,3)30-22(29)27-24(17-18-8-5-4-6-9-18)12-14-25(27,15-13-24)21(28)19-10-7-11-20(26)16-19/h4-11,16,21,28H,12-15,17H2,1-3H3/t21-,24?,25?/m0/s1. The quantitative estimate of drug-likeness (QED) is 0.732. The van der Waals surface area contributed by atoms with Crippen LogP contribution in [0.4, 0.5) is 9.18 Å². The van der Waals surface area contributed by atoms with Crippen molar-refractivity contribution in [2.24, 2.45) is 0 Å². The fourth-order valence-corrected chi connectivity index (χ4v) is 5.37. The van der Waals surface area contributed by atoms with E-state index in [1.54, 1.807) is 12.1 Å². The molecule has 0 radical (unpaired) electrons. The third-order valence-electron chi connectivity index (χ3n) is 6.59. The Morgan fingerprint density at radius 1 is 1.10 bits per heavy atom. The van der Waals surface area contributed by atoms with Crippen molar-refractivity contribution in [1.82, 2.24) is 4.90 Å². The number of hydrogen-bond acceptors (Lipinski definition) is 3. The van der Waals surface area contributed by atoms with Crippen molar-refractivity contribution in [3.63, 3.8) is 0 Å². The highest BCUT2D eigenvalue weighted by atomic mass is 19.1. The summed E-state index contributed by atoms with van der Waals surface area (Å²) < 4.78 is 19.7. The van der Waals surface area contributed by atoms with E-state index in [0.29, 0.717) is 24.8 Å². The Morgan fingerprint density at radius 3 is 2.37 bits per heavy atom. The third kappa shape index (κ3) is 3.60. The minimum atomic E-state index is -0.971. The first-order valence-corrected chi connectivity index (χ1v) is 10.7. The van der Waals surface area contributed by atoms with Crippen molar-refractivity contribution < 1.29 is 19.0 Å². The predicted molar refractivity (Wildman–Crippen MR) is 114 cm³/mol. The molecule has 2 bridgehead atoms. The van der Waals surface area contributed by atoms with E-state index in [-0.39, 0.29) is 0 Å². The number of ether oxygens (including phenoxy) is 1. The monoisotopic (exact) mass is 411 g/mol. The number of hydrogen-bond donors (Lipinski definition) is 1.